The molecule has 0 aromatic rings. The molecular weight excluding hydrogens is 236 g/mol. The molecule has 3 heterocycles. The fourth-order valence-electron chi connectivity index (χ4n) is 4.06. The number of fused-ring (bicyclic) bond motifs is 2. The van der Waals surface area contributed by atoms with E-state index in [1.807, 2.05) is 7.05 Å². The standard InChI is InChI=1S/C12H22N2O2S/c1-13-9-6-10-2-3-11(7-9)14(10)12-4-5-17(15,16)8-12/h9-13H,2-8H2,1H3. The van der Waals surface area contributed by atoms with Gasteiger partial charge in [0.25, 0.3) is 0 Å². The molecule has 98 valence electrons. The van der Waals surface area contributed by atoms with Gasteiger partial charge in [-0.05, 0) is 39.2 Å². The van der Waals surface area contributed by atoms with E-state index < -0.39 is 9.84 Å². The molecule has 3 atom stereocenters. The first kappa shape index (κ1) is 11.9. The molecule has 3 rings (SSSR count). The van der Waals surface area contributed by atoms with Gasteiger partial charge in [0.2, 0.25) is 0 Å². The first-order valence-electron chi connectivity index (χ1n) is 6.74. The lowest BCUT2D eigenvalue weighted by Gasteiger charge is -2.42. The first-order valence-corrected chi connectivity index (χ1v) is 8.56. The molecule has 0 aromatic heterocycles. The molecular formula is C12H22N2O2S. The summed E-state index contributed by atoms with van der Waals surface area (Å²) >= 11 is 0. The van der Waals surface area contributed by atoms with Gasteiger partial charge in [-0.25, -0.2) is 8.42 Å². The Labute approximate surface area is 104 Å². The topological polar surface area (TPSA) is 49.4 Å². The summed E-state index contributed by atoms with van der Waals surface area (Å²) in [5.74, 6) is 0.813. The molecule has 0 aromatic carbocycles. The molecule has 4 nitrogen and oxygen atoms in total. The molecule has 3 fully saturated rings. The van der Waals surface area contributed by atoms with Gasteiger partial charge < -0.3 is 5.32 Å². The number of rotatable bonds is 2. The SMILES string of the molecule is CNC1CC2CCC(C1)N2C1CCS(=O)(=O)C1. The third-order valence-electron chi connectivity index (χ3n) is 4.83. The summed E-state index contributed by atoms with van der Waals surface area (Å²) in [5.41, 5.74) is 0. The smallest absolute Gasteiger partial charge is 0.151 e. The zero-order valence-corrected chi connectivity index (χ0v) is 11.2. The minimum Gasteiger partial charge on any atom is -0.317 e. The Bertz CT molecular complexity index is 381. The number of hydrogen-bond acceptors (Lipinski definition) is 4. The average Bonchev–Trinajstić information content (AvgIpc) is 2.76. The molecule has 2 bridgehead atoms. The van der Waals surface area contributed by atoms with E-state index in [0.717, 1.165) is 6.42 Å². The van der Waals surface area contributed by atoms with Gasteiger partial charge in [-0.15, -0.1) is 0 Å². The van der Waals surface area contributed by atoms with Crippen LogP contribution in [-0.4, -0.2) is 56.0 Å². The minimum atomic E-state index is -2.74. The summed E-state index contributed by atoms with van der Waals surface area (Å²) in [6, 6.07) is 2.21. The van der Waals surface area contributed by atoms with Gasteiger partial charge in [-0.2, -0.15) is 0 Å². The van der Waals surface area contributed by atoms with Crippen LogP contribution in [0.3, 0.4) is 0 Å². The lowest BCUT2D eigenvalue weighted by Crippen LogP contribution is -2.52. The van der Waals surface area contributed by atoms with Gasteiger partial charge in [-0.3, -0.25) is 4.90 Å². The summed E-state index contributed by atoms with van der Waals surface area (Å²) in [7, 11) is -0.699. The van der Waals surface area contributed by atoms with Crippen molar-refractivity contribution in [1.82, 2.24) is 10.2 Å². The molecule has 3 unspecified atom stereocenters. The second-order valence-electron chi connectivity index (χ2n) is 5.85. The number of hydrogen-bond donors (Lipinski definition) is 1. The quantitative estimate of drug-likeness (QED) is 0.778. The highest BCUT2D eigenvalue weighted by molar-refractivity contribution is 7.91. The van der Waals surface area contributed by atoms with Crippen molar-refractivity contribution in [2.24, 2.45) is 0 Å². The van der Waals surface area contributed by atoms with E-state index in [0.29, 0.717) is 35.7 Å². The lowest BCUT2D eigenvalue weighted by molar-refractivity contribution is 0.0820. The second-order valence-corrected chi connectivity index (χ2v) is 8.07. The third-order valence-corrected chi connectivity index (χ3v) is 6.58. The van der Waals surface area contributed by atoms with Gasteiger partial charge in [0.05, 0.1) is 11.5 Å². The number of nitrogens with zero attached hydrogens (tertiary/aromatic N) is 1. The van der Waals surface area contributed by atoms with E-state index in [2.05, 4.69) is 10.2 Å². The Morgan fingerprint density at radius 3 is 2.18 bits per heavy atom. The highest BCUT2D eigenvalue weighted by Gasteiger charge is 2.46. The normalized spacial score (nSPS) is 45.2. The van der Waals surface area contributed by atoms with E-state index in [9.17, 15) is 8.42 Å². The van der Waals surface area contributed by atoms with Gasteiger partial charge in [0.1, 0.15) is 0 Å². The third kappa shape index (κ3) is 2.13. The number of nitrogens with one attached hydrogen (secondary N) is 1. The predicted octanol–water partition coefficient (Wildman–Crippen LogP) is 0.388. The fourth-order valence-corrected chi connectivity index (χ4v) is 5.78. The van der Waals surface area contributed by atoms with Crippen molar-refractivity contribution in [2.75, 3.05) is 18.6 Å². The molecule has 1 N–H and O–H groups in total. The number of piperidine rings is 1. The highest BCUT2D eigenvalue weighted by Crippen LogP contribution is 2.39. The zero-order chi connectivity index (χ0) is 12.0. The highest BCUT2D eigenvalue weighted by atomic mass is 32.2. The molecule has 0 spiro atoms. The summed E-state index contributed by atoms with van der Waals surface area (Å²) in [6.07, 6.45) is 5.78. The van der Waals surface area contributed by atoms with Crippen molar-refractivity contribution in [3.63, 3.8) is 0 Å². The lowest BCUT2D eigenvalue weighted by atomic mass is 9.95. The summed E-state index contributed by atoms with van der Waals surface area (Å²) in [6.45, 7) is 0. The van der Waals surface area contributed by atoms with Crippen molar-refractivity contribution in [3.05, 3.63) is 0 Å². The maximum atomic E-state index is 11.6. The molecule has 3 aliphatic rings. The van der Waals surface area contributed by atoms with Crippen LogP contribution in [0.4, 0.5) is 0 Å². The van der Waals surface area contributed by atoms with Crippen LogP contribution in [0.25, 0.3) is 0 Å². The largest absolute Gasteiger partial charge is 0.317 e. The van der Waals surface area contributed by atoms with Crippen LogP contribution in [-0.2, 0) is 9.84 Å². The molecule has 0 aliphatic carbocycles. The van der Waals surface area contributed by atoms with Crippen molar-refractivity contribution >= 4 is 9.84 Å². The van der Waals surface area contributed by atoms with Gasteiger partial charge >= 0.3 is 0 Å². The van der Waals surface area contributed by atoms with Gasteiger partial charge in [0, 0.05) is 24.2 Å². The molecule has 0 radical (unpaired) electrons. The van der Waals surface area contributed by atoms with Crippen LogP contribution >= 0.6 is 0 Å². The second kappa shape index (κ2) is 4.21. The number of sulfone groups is 1. The van der Waals surface area contributed by atoms with E-state index in [4.69, 9.17) is 0 Å². The van der Waals surface area contributed by atoms with E-state index in [1.165, 1.54) is 25.7 Å². The Kier molecular flexibility index (Phi) is 2.96. The summed E-state index contributed by atoms with van der Waals surface area (Å²) in [5, 5.41) is 3.39. The van der Waals surface area contributed by atoms with Crippen molar-refractivity contribution < 1.29 is 8.42 Å². The van der Waals surface area contributed by atoms with E-state index >= 15 is 0 Å². The van der Waals surface area contributed by atoms with Crippen LogP contribution < -0.4 is 5.32 Å². The Hall–Kier alpha value is -0.130. The van der Waals surface area contributed by atoms with Crippen LogP contribution in [0.2, 0.25) is 0 Å². The van der Waals surface area contributed by atoms with E-state index in [-0.39, 0.29) is 0 Å². The molecule has 17 heavy (non-hydrogen) atoms. The minimum absolute atomic E-state index is 0.315. The van der Waals surface area contributed by atoms with Crippen LogP contribution in [0, 0.1) is 0 Å². The van der Waals surface area contributed by atoms with Crippen molar-refractivity contribution in [2.45, 2.75) is 56.3 Å². The summed E-state index contributed by atoms with van der Waals surface area (Å²) in [4.78, 5) is 2.55. The molecule has 0 amide bonds. The maximum absolute atomic E-state index is 11.6. The maximum Gasteiger partial charge on any atom is 0.151 e. The Balaban J connectivity index is 1.74. The zero-order valence-electron chi connectivity index (χ0n) is 10.4. The van der Waals surface area contributed by atoms with Crippen LogP contribution in [0.15, 0.2) is 0 Å². The van der Waals surface area contributed by atoms with Gasteiger partial charge in [0.15, 0.2) is 9.84 Å². The van der Waals surface area contributed by atoms with Crippen molar-refractivity contribution in [1.29, 1.82) is 0 Å². The molecule has 0 saturated carbocycles. The monoisotopic (exact) mass is 258 g/mol. The predicted molar refractivity (Wildman–Crippen MR) is 67.8 cm³/mol. The average molecular weight is 258 g/mol. The molecule has 3 aliphatic heterocycles. The van der Waals surface area contributed by atoms with Crippen LogP contribution in [0.5, 0.6) is 0 Å². The fraction of sp³-hybridized carbons (Fsp3) is 1.00. The van der Waals surface area contributed by atoms with Gasteiger partial charge in [-0.1, -0.05) is 0 Å². The van der Waals surface area contributed by atoms with Crippen LogP contribution in [0.1, 0.15) is 32.1 Å². The van der Waals surface area contributed by atoms with Crippen molar-refractivity contribution in [3.8, 4) is 0 Å². The Morgan fingerprint density at radius 1 is 1.06 bits per heavy atom. The first-order chi connectivity index (χ1) is 8.09. The van der Waals surface area contributed by atoms with E-state index in [1.54, 1.807) is 0 Å². The molecule has 3 saturated heterocycles. The molecule has 5 heteroatoms. The summed E-state index contributed by atoms with van der Waals surface area (Å²) < 4.78 is 23.2. The Morgan fingerprint density at radius 2 is 1.71 bits per heavy atom.